The highest BCUT2D eigenvalue weighted by atomic mass is 16.6. The van der Waals surface area contributed by atoms with Gasteiger partial charge in [-0.3, -0.25) is 4.79 Å². The molecular formula is C22H26N4O4. The van der Waals surface area contributed by atoms with Crippen molar-refractivity contribution < 1.29 is 19.3 Å². The molecule has 0 saturated heterocycles. The smallest absolute Gasteiger partial charge is 0.273 e. The minimum atomic E-state index is -0.363. The van der Waals surface area contributed by atoms with Gasteiger partial charge in [-0.2, -0.15) is 0 Å². The van der Waals surface area contributed by atoms with E-state index in [9.17, 15) is 4.79 Å². The van der Waals surface area contributed by atoms with Gasteiger partial charge in [0.25, 0.3) is 5.91 Å². The van der Waals surface area contributed by atoms with Crippen molar-refractivity contribution in [2.24, 2.45) is 15.5 Å². The van der Waals surface area contributed by atoms with Gasteiger partial charge >= 0.3 is 0 Å². The largest absolute Gasteiger partial charge is 0.399 e. The van der Waals surface area contributed by atoms with Gasteiger partial charge in [0, 0.05) is 23.7 Å². The molecule has 1 N–H and O–H groups in total. The summed E-state index contributed by atoms with van der Waals surface area (Å²) in [6.45, 7) is 3.92. The lowest BCUT2D eigenvalue weighted by Crippen LogP contribution is -2.29. The fourth-order valence-corrected chi connectivity index (χ4v) is 2.67. The third-order valence-electron chi connectivity index (χ3n) is 4.17. The minimum absolute atomic E-state index is 0.126. The van der Waals surface area contributed by atoms with Gasteiger partial charge in [-0.25, -0.2) is 0 Å². The highest BCUT2D eigenvalue weighted by Crippen LogP contribution is 2.13. The number of likely N-dealkylation sites (N-methyl/N-ethyl adjacent to an activating group) is 1. The van der Waals surface area contributed by atoms with Crippen LogP contribution in [-0.4, -0.2) is 44.3 Å². The molecule has 1 amide bonds. The van der Waals surface area contributed by atoms with Gasteiger partial charge in [-0.1, -0.05) is 69.6 Å². The van der Waals surface area contributed by atoms with Crippen LogP contribution >= 0.6 is 0 Å². The summed E-state index contributed by atoms with van der Waals surface area (Å²) in [5.41, 5.74) is 4.60. The Morgan fingerprint density at radius 3 is 2.20 bits per heavy atom. The second kappa shape index (κ2) is 11.4. The maximum absolute atomic E-state index is 12.2. The lowest BCUT2D eigenvalue weighted by Gasteiger charge is -2.10. The number of aryl methyl sites for hydroxylation is 1. The van der Waals surface area contributed by atoms with Crippen LogP contribution in [-0.2, 0) is 25.9 Å². The maximum Gasteiger partial charge on any atom is 0.273 e. The van der Waals surface area contributed by atoms with Crippen molar-refractivity contribution in [1.82, 2.24) is 5.32 Å². The summed E-state index contributed by atoms with van der Waals surface area (Å²) in [6, 6.07) is 15.1. The van der Waals surface area contributed by atoms with Crippen LogP contribution in [0, 0.1) is 6.92 Å². The van der Waals surface area contributed by atoms with Crippen molar-refractivity contribution in [2.75, 3.05) is 21.3 Å². The van der Waals surface area contributed by atoms with Crippen molar-refractivity contribution in [3.05, 3.63) is 70.8 Å². The van der Waals surface area contributed by atoms with Crippen LogP contribution in [0.3, 0.4) is 0 Å². The quantitative estimate of drug-likeness (QED) is 0.508. The fraction of sp³-hybridized carbons (Fsp3) is 0.273. The molecule has 0 unspecified atom stereocenters. The van der Waals surface area contributed by atoms with E-state index in [1.54, 1.807) is 13.0 Å². The van der Waals surface area contributed by atoms with E-state index in [1.165, 1.54) is 21.3 Å². The number of nitrogens with one attached hydrogen (secondary N) is 1. The number of carbonyl (C=O) groups is 1. The molecule has 0 fully saturated rings. The molecule has 2 rings (SSSR count). The molecule has 0 bridgehead atoms. The summed E-state index contributed by atoms with van der Waals surface area (Å²) < 4.78 is 0. The van der Waals surface area contributed by atoms with E-state index in [1.807, 2.05) is 49.4 Å². The molecule has 0 aliphatic rings. The molecule has 0 spiro atoms. The molecule has 0 aliphatic heterocycles. The van der Waals surface area contributed by atoms with E-state index in [4.69, 9.17) is 14.5 Å². The van der Waals surface area contributed by atoms with Crippen molar-refractivity contribution in [1.29, 1.82) is 0 Å². The first-order chi connectivity index (χ1) is 14.5. The van der Waals surface area contributed by atoms with E-state index in [-0.39, 0.29) is 18.2 Å². The molecule has 0 aromatic heterocycles. The molecule has 0 saturated carbocycles. The van der Waals surface area contributed by atoms with E-state index in [0.29, 0.717) is 17.0 Å². The number of rotatable bonds is 9. The zero-order valence-electron chi connectivity index (χ0n) is 17.8. The summed E-state index contributed by atoms with van der Waals surface area (Å²) in [6.07, 6.45) is 0. The summed E-state index contributed by atoms with van der Waals surface area (Å²) in [4.78, 5) is 27.5. The highest BCUT2D eigenvalue weighted by molar-refractivity contribution is 6.47. The number of hydrogen-bond donors (Lipinski definition) is 1. The van der Waals surface area contributed by atoms with E-state index in [2.05, 4.69) is 20.8 Å². The number of carbonyl (C=O) groups excluding carboxylic acids is 1. The monoisotopic (exact) mass is 410 g/mol. The van der Waals surface area contributed by atoms with Crippen LogP contribution in [0.1, 0.15) is 29.2 Å². The first-order valence-corrected chi connectivity index (χ1v) is 9.28. The summed E-state index contributed by atoms with van der Waals surface area (Å²) in [5, 5.41) is 14.7. The van der Waals surface area contributed by atoms with Crippen molar-refractivity contribution in [2.45, 2.75) is 20.5 Å². The van der Waals surface area contributed by atoms with Gasteiger partial charge in [-0.15, -0.1) is 0 Å². The fourth-order valence-electron chi connectivity index (χ4n) is 2.67. The predicted molar refractivity (Wildman–Crippen MR) is 117 cm³/mol. The predicted octanol–water partition coefficient (Wildman–Crippen LogP) is 3.03. The first-order valence-electron chi connectivity index (χ1n) is 9.28. The summed E-state index contributed by atoms with van der Waals surface area (Å²) >= 11 is 0. The number of benzene rings is 2. The third kappa shape index (κ3) is 5.91. The SMILES string of the molecule is CNC(=O)C(=NOC)c1ccccc1CON=C(C)C(=NOC)c1ccc(C)cc1. The first kappa shape index (κ1) is 22.6. The van der Waals surface area contributed by atoms with Crippen LogP contribution in [0.5, 0.6) is 0 Å². The standard InChI is InChI=1S/C22H26N4O4/c1-15-10-12-17(13-11-15)20(25-28-4)16(2)24-30-14-18-8-6-7-9-19(18)21(26-29-5)22(27)23-3/h6-13H,14H2,1-5H3,(H,23,27). The Bertz CT molecular complexity index is 950. The van der Waals surface area contributed by atoms with Crippen LogP contribution in [0.25, 0.3) is 0 Å². The van der Waals surface area contributed by atoms with Gasteiger partial charge < -0.3 is 19.8 Å². The summed E-state index contributed by atoms with van der Waals surface area (Å²) in [5.74, 6) is -0.363. The van der Waals surface area contributed by atoms with Crippen molar-refractivity contribution in [3.63, 3.8) is 0 Å². The Hall–Kier alpha value is -3.68. The number of hydrogen-bond acceptors (Lipinski definition) is 7. The Kier molecular flexibility index (Phi) is 8.56. The van der Waals surface area contributed by atoms with Crippen LogP contribution in [0.2, 0.25) is 0 Å². The number of oxime groups is 3. The molecule has 2 aromatic rings. The van der Waals surface area contributed by atoms with Gasteiger partial charge in [0.15, 0.2) is 5.71 Å². The highest BCUT2D eigenvalue weighted by Gasteiger charge is 2.17. The molecule has 158 valence electrons. The Morgan fingerprint density at radius 1 is 0.933 bits per heavy atom. The van der Waals surface area contributed by atoms with Gasteiger partial charge in [0.1, 0.15) is 32.2 Å². The third-order valence-corrected chi connectivity index (χ3v) is 4.17. The lowest BCUT2D eigenvalue weighted by molar-refractivity contribution is -0.114. The second-order valence-electron chi connectivity index (χ2n) is 6.30. The molecule has 30 heavy (non-hydrogen) atoms. The normalized spacial score (nSPS) is 12.4. The molecule has 0 atom stereocenters. The Morgan fingerprint density at radius 2 is 1.57 bits per heavy atom. The van der Waals surface area contributed by atoms with Gasteiger partial charge in [-0.05, 0) is 13.8 Å². The van der Waals surface area contributed by atoms with Crippen LogP contribution in [0.15, 0.2) is 64.0 Å². The van der Waals surface area contributed by atoms with Gasteiger partial charge in [0.2, 0.25) is 0 Å². The number of amides is 1. The van der Waals surface area contributed by atoms with E-state index < -0.39 is 0 Å². The van der Waals surface area contributed by atoms with E-state index >= 15 is 0 Å². The zero-order chi connectivity index (χ0) is 21.9. The minimum Gasteiger partial charge on any atom is -0.399 e. The average molecular weight is 410 g/mol. The van der Waals surface area contributed by atoms with Crippen molar-refractivity contribution in [3.8, 4) is 0 Å². The van der Waals surface area contributed by atoms with Crippen molar-refractivity contribution >= 4 is 23.0 Å². The molecule has 8 nitrogen and oxygen atoms in total. The molecule has 8 heteroatoms. The molecular weight excluding hydrogens is 384 g/mol. The molecule has 0 heterocycles. The van der Waals surface area contributed by atoms with E-state index in [0.717, 1.165) is 16.7 Å². The Balaban J connectivity index is 2.23. The molecule has 2 aromatic carbocycles. The lowest BCUT2D eigenvalue weighted by atomic mass is 10.0. The second-order valence-corrected chi connectivity index (χ2v) is 6.30. The Labute approximate surface area is 176 Å². The van der Waals surface area contributed by atoms with Crippen LogP contribution in [0.4, 0.5) is 0 Å². The summed E-state index contributed by atoms with van der Waals surface area (Å²) in [7, 11) is 4.40. The maximum atomic E-state index is 12.2. The topological polar surface area (TPSA) is 93.9 Å². The van der Waals surface area contributed by atoms with Gasteiger partial charge in [0.05, 0.1) is 0 Å². The van der Waals surface area contributed by atoms with Crippen LogP contribution < -0.4 is 5.32 Å². The average Bonchev–Trinajstić information content (AvgIpc) is 2.76. The molecule has 0 aliphatic carbocycles. The number of nitrogens with zero attached hydrogens (tertiary/aromatic N) is 3. The molecule has 0 radical (unpaired) electrons. The zero-order valence-corrected chi connectivity index (χ0v) is 17.8.